The van der Waals surface area contributed by atoms with Gasteiger partial charge in [-0.05, 0) is 17.5 Å². The number of nitrogens with one attached hydrogen (secondary N) is 2. The number of nitrogens with two attached hydrogens (primary N) is 1. The highest BCUT2D eigenvalue weighted by molar-refractivity contribution is 5.69. The van der Waals surface area contributed by atoms with Gasteiger partial charge in [-0.3, -0.25) is 4.40 Å². The molecule has 0 bridgehead atoms. The lowest BCUT2D eigenvalue weighted by atomic mass is 9.97. The molecule has 0 amide bonds. The molecule has 4 rings (SSSR count). The third-order valence-electron chi connectivity index (χ3n) is 4.77. The van der Waals surface area contributed by atoms with Crippen LogP contribution in [0.2, 0.25) is 0 Å². The maximum Gasteiger partial charge on any atom is 0.180 e. The number of fused-ring (bicyclic) bond motifs is 1. The van der Waals surface area contributed by atoms with E-state index in [4.69, 9.17) is 10.7 Å². The van der Waals surface area contributed by atoms with Crippen LogP contribution < -0.4 is 21.3 Å². The van der Waals surface area contributed by atoms with Crippen LogP contribution in [0.1, 0.15) is 20.8 Å². The number of nitrogen functional groups attached to an aromatic ring is 1. The van der Waals surface area contributed by atoms with Crippen molar-refractivity contribution in [2.75, 3.05) is 48.7 Å². The Balaban J connectivity index is 1.74. The smallest absolute Gasteiger partial charge is 0.180 e. The largest absolute Gasteiger partial charge is 0.398 e. The van der Waals surface area contributed by atoms with E-state index >= 15 is 0 Å². The number of piperazine rings is 1. The van der Waals surface area contributed by atoms with Gasteiger partial charge in [-0.1, -0.05) is 20.8 Å². The molecule has 0 radical (unpaired) electrons. The molecule has 0 spiro atoms. The van der Waals surface area contributed by atoms with E-state index in [-0.39, 0.29) is 5.41 Å². The van der Waals surface area contributed by atoms with Crippen molar-refractivity contribution in [3.05, 3.63) is 30.7 Å². The number of pyridine rings is 1. The molecule has 28 heavy (non-hydrogen) atoms. The van der Waals surface area contributed by atoms with E-state index in [0.29, 0.717) is 11.5 Å². The molecule has 4 N–H and O–H groups in total. The Kier molecular flexibility index (Phi) is 4.80. The van der Waals surface area contributed by atoms with Crippen LogP contribution in [-0.2, 0) is 0 Å². The molecule has 0 saturated carbocycles. The zero-order valence-electron chi connectivity index (χ0n) is 16.7. The Morgan fingerprint density at radius 2 is 1.93 bits per heavy atom. The van der Waals surface area contributed by atoms with E-state index in [2.05, 4.69) is 46.3 Å². The van der Waals surface area contributed by atoms with Crippen LogP contribution in [0.25, 0.3) is 17.2 Å². The maximum atomic E-state index is 5.96. The normalized spacial score (nSPS) is 15.2. The van der Waals surface area contributed by atoms with Crippen LogP contribution >= 0.6 is 0 Å². The highest BCUT2D eigenvalue weighted by Crippen LogP contribution is 2.28. The van der Waals surface area contributed by atoms with Gasteiger partial charge in [-0.15, -0.1) is 0 Å². The second-order valence-electron chi connectivity index (χ2n) is 8.41. The fourth-order valence-electron chi connectivity index (χ4n) is 3.28. The lowest BCUT2D eigenvalue weighted by Gasteiger charge is -2.31. The summed E-state index contributed by atoms with van der Waals surface area (Å²) in [5.74, 6) is 1.49. The first-order valence-corrected chi connectivity index (χ1v) is 9.70. The van der Waals surface area contributed by atoms with Crippen molar-refractivity contribution >= 4 is 22.8 Å². The molecular formula is C20H28N8. The van der Waals surface area contributed by atoms with E-state index in [1.807, 2.05) is 28.9 Å². The van der Waals surface area contributed by atoms with Crippen LogP contribution in [0.5, 0.6) is 0 Å². The second-order valence-corrected chi connectivity index (χ2v) is 8.41. The summed E-state index contributed by atoms with van der Waals surface area (Å²) >= 11 is 0. The van der Waals surface area contributed by atoms with E-state index in [0.717, 1.165) is 55.6 Å². The summed E-state index contributed by atoms with van der Waals surface area (Å²) in [5.41, 5.74) is 9.47. The fraction of sp³-hybridized carbons (Fsp3) is 0.450. The van der Waals surface area contributed by atoms with Crippen molar-refractivity contribution in [2.45, 2.75) is 20.8 Å². The molecule has 1 aliphatic rings. The van der Waals surface area contributed by atoms with Gasteiger partial charge in [0.05, 0.1) is 18.1 Å². The summed E-state index contributed by atoms with van der Waals surface area (Å²) in [4.78, 5) is 16.3. The predicted octanol–water partition coefficient (Wildman–Crippen LogP) is 2.24. The molecule has 0 unspecified atom stereocenters. The average molecular weight is 381 g/mol. The van der Waals surface area contributed by atoms with Crippen molar-refractivity contribution in [3.63, 3.8) is 0 Å². The molecule has 8 nitrogen and oxygen atoms in total. The third-order valence-corrected chi connectivity index (χ3v) is 4.77. The van der Waals surface area contributed by atoms with E-state index < -0.39 is 0 Å². The Bertz CT molecular complexity index is 966. The standard InChI is InChI=1S/C20H28N8/c1-20(2,3)13-25-18-15(27-8-6-22-7-9-27)10-24-19(26-18)16-11-23-17-5-4-14(21)12-28(16)17/h4-5,10-12,22H,6-9,13,21H2,1-3H3,(H,24,25,26). The number of hydrogen-bond acceptors (Lipinski definition) is 7. The van der Waals surface area contributed by atoms with Crippen molar-refractivity contribution in [1.82, 2.24) is 24.7 Å². The molecule has 3 aromatic rings. The van der Waals surface area contributed by atoms with E-state index in [9.17, 15) is 0 Å². The molecule has 0 atom stereocenters. The molecule has 0 aromatic carbocycles. The Labute approximate surface area is 165 Å². The second kappa shape index (κ2) is 7.27. The highest BCUT2D eigenvalue weighted by Gasteiger charge is 2.20. The van der Waals surface area contributed by atoms with Gasteiger partial charge in [0, 0.05) is 44.6 Å². The van der Waals surface area contributed by atoms with Gasteiger partial charge >= 0.3 is 0 Å². The quantitative estimate of drug-likeness (QED) is 0.639. The van der Waals surface area contributed by atoms with E-state index in [1.54, 1.807) is 6.20 Å². The van der Waals surface area contributed by atoms with Crippen LogP contribution in [0.4, 0.5) is 17.2 Å². The first-order chi connectivity index (χ1) is 13.4. The van der Waals surface area contributed by atoms with Crippen LogP contribution in [0.15, 0.2) is 30.7 Å². The summed E-state index contributed by atoms with van der Waals surface area (Å²) in [7, 11) is 0. The van der Waals surface area contributed by atoms with E-state index in [1.165, 1.54) is 0 Å². The molecule has 8 heteroatoms. The van der Waals surface area contributed by atoms with Gasteiger partial charge in [0.15, 0.2) is 11.6 Å². The first kappa shape index (κ1) is 18.5. The van der Waals surface area contributed by atoms with Crippen molar-refractivity contribution in [3.8, 4) is 11.5 Å². The summed E-state index contributed by atoms with van der Waals surface area (Å²) in [6, 6.07) is 3.74. The number of hydrogen-bond donors (Lipinski definition) is 3. The molecular weight excluding hydrogens is 352 g/mol. The lowest BCUT2D eigenvalue weighted by molar-refractivity contribution is 0.442. The zero-order chi connectivity index (χ0) is 19.7. The average Bonchev–Trinajstić information content (AvgIpc) is 3.09. The zero-order valence-corrected chi connectivity index (χ0v) is 16.7. The molecule has 1 saturated heterocycles. The van der Waals surface area contributed by atoms with Gasteiger partial charge in [-0.25, -0.2) is 15.0 Å². The fourth-order valence-corrected chi connectivity index (χ4v) is 3.28. The maximum absolute atomic E-state index is 5.96. The van der Waals surface area contributed by atoms with Gasteiger partial charge in [0.1, 0.15) is 11.3 Å². The number of aromatic nitrogens is 4. The minimum Gasteiger partial charge on any atom is -0.398 e. The monoisotopic (exact) mass is 380 g/mol. The summed E-state index contributed by atoms with van der Waals surface area (Å²) in [5, 5.41) is 6.94. The summed E-state index contributed by atoms with van der Waals surface area (Å²) in [6.45, 7) is 11.3. The Morgan fingerprint density at radius 3 is 2.68 bits per heavy atom. The number of imidazole rings is 1. The minimum atomic E-state index is 0.142. The first-order valence-electron chi connectivity index (χ1n) is 9.70. The lowest BCUT2D eigenvalue weighted by Crippen LogP contribution is -2.44. The van der Waals surface area contributed by atoms with Crippen molar-refractivity contribution in [2.24, 2.45) is 5.41 Å². The van der Waals surface area contributed by atoms with Gasteiger partial charge in [0.2, 0.25) is 0 Å². The van der Waals surface area contributed by atoms with Crippen LogP contribution in [0, 0.1) is 5.41 Å². The van der Waals surface area contributed by atoms with Crippen LogP contribution in [-0.4, -0.2) is 52.1 Å². The number of rotatable bonds is 4. The van der Waals surface area contributed by atoms with Gasteiger partial charge < -0.3 is 21.3 Å². The van der Waals surface area contributed by atoms with Gasteiger partial charge in [-0.2, -0.15) is 0 Å². The summed E-state index contributed by atoms with van der Waals surface area (Å²) < 4.78 is 1.93. The topological polar surface area (TPSA) is 96.4 Å². The number of nitrogens with zero attached hydrogens (tertiary/aromatic N) is 5. The molecule has 4 heterocycles. The molecule has 148 valence electrons. The molecule has 3 aromatic heterocycles. The predicted molar refractivity (Wildman–Crippen MR) is 114 cm³/mol. The summed E-state index contributed by atoms with van der Waals surface area (Å²) in [6.07, 6.45) is 5.57. The van der Waals surface area contributed by atoms with Crippen molar-refractivity contribution in [1.29, 1.82) is 0 Å². The molecule has 1 fully saturated rings. The van der Waals surface area contributed by atoms with Crippen molar-refractivity contribution < 1.29 is 0 Å². The Morgan fingerprint density at radius 1 is 1.14 bits per heavy atom. The Hall–Kier alpha value is -2.87. The highest BCUT2D eigenvalue weighted by atomic mass is 15.2. The minimum absolute atomic E-state index is 0.142. The van der Waals surface area contributed by atoms with Crippen LogP contribution in [0.3, 0.4) is 0 Å². The third kappa shape index (κ3) is 3.87. The SMILES string of the molecule is CC(C)(C)CNc1nc(-c2cnc3ccc(N)cn23)ncc1N1CCNCC1. The van der Waals surface area contributed by atoms with Gasteiger partial charge in [0.25, 0.3) is 0 Å². The number of anilines is 3. The molecule has 1 aliphatic heterocycles. The molecule has 0 aliphatic carbocycles.